The zero-order valence-corrected chi connectivity index (χ0v) is 19.5. The summed E-state index contributed by atoms with van der Waals surface area (Å²) in [6.07, 6.45) is 6.77. The number of aryl methyl sites for hydroxylation is 2. The number of hydrogen-bond donors (Lipinski definition) is 1. The van der Waals surface area contributed by atoms with E-state index in [-0.39, 0.29) is 11.3 Å². The largest absolute Gasteiger partial charge is 0.316 e. The minimum absolute atomic E-state index is 0.0405. The molecule has 0 atom stereocenters. The molecule has 3 nitrogen and oxygen atoms in total. The van der Waals surface area contributed by atoms with Crippen molar-refractivity contribution in [2.75, 3.05) is 11.1 Å². The maximum Gasteiger partial charge on any atom is 0.235 e. The maximum atomic E-state index is 12.7. The molecule has 0 unspecified atom stereocenters. The number of anilines is 1. The lowest BCUT2D eigenvalue weighted by atomic mass is 9.87. The highest BCUT2D eigenvalue weighted by atomic mass is 32.2. The zero-order valence-electron chi connectivity index (χ0n) is 17.9. The van der Waals surface area contributed by atoms with Crippen LogP contribution in [0.1, 0.15) is 73.6 Å². The Morgan fingerprint density at radius 3 is 2.62 bits per heavy atom. The smallest absolute Gasteiger partial charge is 0.235 e. The fourth-order valence-corrected chi connectivity index (χ4v) is 5.77. The molecular weight excluding hydrogens is 396 g/mol. The average Bonchev–Trinajstić information content (AvgIpc) is 2.95. The Bertz CT molecular complexity index is 932. The number of carbonyl (C=O) groups excluding carboxylic acids is 1. The molecule has 0 saturated carbocycles. The molecule has 0 bridgehead atoms. The fraction of sp³-hybridized carbons (Fsp3) is 0.500. The van der Waals surface area contributed by atoms with E-state index in [1.54, 1.807) is 23.1 Å². The van der Waals surface area contributed by atoms with Crippen LogP contribution < -0.4 is 5.32 Å². The van der Waals surface area contributed by atoms with Gasteiger partial charge in [0.25, 0.3) is 0 Å². The molecule has 0 fully saturated rings. The first-order valence-electron chi connectivity index (χ1n) is 10.4. The van der Waals surface area contributed by atoms with Crippen molar-refractivity contribution in [3.05, 3.63) is 45.3 Å². The highest BCUT2D eigenvalue weighted by Gasteiger charge is 2.21. The number of rotatable bonds is 4. The van der Waals surface area contributed by atoms with Crippen molar-refractivity contribution < 1.29 is 4.79 Å². The van der Waals surface area contributed by atoms with E-state index >= 15 is 0 Å². The van der Waals surface area contributed by atoms with Crippen LogP contribution >= 0.6 is 23.1 Å². The van der Waals surface area contributed by atoms with Crippen molar-refractivity contribution >= 4 is 34.0 Å². The molecule has 1 aromatic heterocycles. The molecule has 0 saturated heterocycles. The standard InChI is InChI=1S/C24H30N2OS2/c1-16-11-12-17(24(2,3)4)13-21(16)28-15-22(27)26-23-19(14-25)18-9-7-5-6-8-10-20(18)29-23/h11-13H,5-10,15H2,1-4H3,(H,26,27). The van der Waals surface area contributed by atoms with Crippen LogP contribution in [0.15, 0.2) is 23.1 Å². The number of nitrogens with zero attached hydrogens (tertiary/aromatic N) is 1. The highest BCUT2D eigenvalue weighted by molar-refractivity contribution is 8.00. The van der Waals surface area contributed by atoms with Gasteiger partial charge in [-0.1, -0.05) is 45.7 Å². The molecule has 0 radical (unpaired) electrons. The predicted molar refractivity (Wildman–Crippen MR) is 124 cm³/mol. The summed E-state index contributed by atoms with van der Waals surface area (Å²) in [5.74, 6) is 0.309. The predicted octanol–water partition coefficient (Wildman–Crippen LogP) is 6.62. The van der Waals surface area contributed by atoms with Crippen LogP contribution in [0.4, 0.5) is 5.00 Å². The number of carbonyl (C=O) groups is 1. The normalized spacial score (nSPS) is 14.4. The molecule has 154 valence electrons. The van der Waals surface area contributed by atoms with Gasteiger partial charge in [-0.15, -0.1) is 23.1 Å². The van der Waals surface area contributed by atoms with Crippen molar-refractivity contribution in [3.63, 3.8) is 0 Å². The summed E-state index contributed by atoms with van der Waals surface area (Å²) in [6, 6.07) is 8.85. The number of fused-ring (bicyclic) bond motifs is 1. The summed E-state index contributed by atoms with van der Waals surface area (Å²) >= 11 is 3.17. The Labute approximate surface area is 182 Å². The van der Waals surface area contributed by atoms with Gasteiger partial charge in [-0.3, -0.25) is 4.79 Å². The molecule has 29 heavy (non-hydrogen) atoms. The molecule has 2 aromatic rings. The number of nitriles is 1. The Hall–Kier alpha value is -1.77. The first-order chi connectivity index (χ1) is 13.8. The van der Waals surface area contributed by atoms with Gasteiger partial charge in [0, 0.05) is 9.77 Å². The molecule has 1 aliphatic rings. The van der Waals surface area contributed by atoms with Crippen LogP contribution in [0.5, 0.6) is 0 Å². The SMILES string of the molecule is Cc1ccc(C(C)(C)C)cc1SCC(=O)Nc1sc2c(c1C#N)CCCCCC2. The van der Waals surface area contributed by atoms with E-state index in [0.29, 0.717) is 11.3 Å². The zero-order chi connectivity index (χ0) is 21.0. The van der Waals surface area contributed by atoms with E-state index in [1.165, 1.54) is 40.8 Å². The van der Waals surface area contributed by atoms with E-state index < -0.39 is 0 Å². The Balaban J connectivity index is 1.71. The lowest BCUT2D eigenvalue weighted by Gasteiger charge is -2.20. The lowest BCUT2D eigenvalue weighted by Crippen LogP contribution is -2.14. The summed E-state index contributed by atoms with van der Waals surface area (Å²) in [6.45, 7) is 8.68. The van der Waals surface area contributed by atoms with Gasteiger partial charge in [-0.05, 0) is 60.8 Å². The molecule has 1 N–H and O–H groups in total. The number of hydrogen-bond acceptors (Lipinski definition) is 4. The van der Waals surface area contributed by atoms with Gasteiger partial charge in [0.05, 0.1) is 11.3 Å². The fourth-order valence-electron chi connectivity index (χ4n) is 3.65. The van der Waals surface area contributed by atoms with Gasteiger partial charge in [-0.25, -0.2) is 0 Å². The number of thiophene rings is 1. The molecule has 0 spiro atoms. The van der Waals surface area contributed by atoms with Gasteiger partial charge in [0.2, 0.25) is 5.91 Å². The summed E-state index contributed by atoms with van der Waals surface area (Å²) in [5, 5.41) is 13.5. The number of benzene rings is 1. The van der Waals surface area contributed by atoms with Gasteiger partial charge in [-0.2, -0.15) is 5.26 Å². The second-order valence-electron chi connectivity index (χ2n) is 8.80. The van der Waals surface area contributed by atoms with Crippen molar-refractivity contribution in [1.82, 2.24) is 0 Å². The first kappa shape index (κ1) is 21.9. The Morgan fingerprint density at radius 2 is 1.93 bits per heavy atom. The average molecular weight is 427 g/mol. The van der Waals surface area contributed by atoms with E-state index in [2.05, 4.69) is 57.3 Å². The van der Waals surface area contributed by atoms with Crippen molar-refractivity contribution in [2.24, 2.45) is 0 Å². The Morgan fingerprint density at radius 1 is 1.21 bits per heavy atom. The molecule has 1 aliphatic carbocycles. The van der Waals surface area contributed by atoms with Crippen LogP contribution in [0.2, 0.25) is 0 Å². The topological polar surface area (TPSA) is 52.9 Å². The molecular formula is C24H30N2OS2. The van der Waals surface area contributed by atoms with Crippen LogP contribution in [0.25, 0.3) is 0 Å². The second kappa shape index (κ2) is 9.36. The minimum Gasteiger partial charge on any atom is -0.316 e. The van der Waals surface area contributed by atoms with E-state index in [9.17, 15) is 10.1 Å². The van der Waals surface area contributed by atoms with Crippen molar-refractivity contribution in [1.29, 1.82) is 5.26 Å². The lowest BCUT2D eigenvalue weighted by molar-refractivity contribution is -0.113. The molecule has 3 rings (SSSR count). The van der Waals surface area contributed by atoms with Crippen LogP contribution in [0, 0.1) is 18.3 Å². The minimum atomic E-state index is -0.0405. The van der Waals surface area contributed by atoms with Crippen LogP contribution in [-0.4, -0.2) is 11.7 Å². The Kier molecular flexibility index (Phi) is 7.08. The van der Waals surface area contributed by atoms with Crippen molar-refractivity contribution in [2.45, 2.75) is 76.5 Å². The van der Waals surface area contributed by atoms with E-state index in [0.717, 1.165) is 29.2 Å². The molecule has 1 aromatic carbocycles. The molecule has 1 amide bonds. The maximum absolute atomic E-state index is 12.7. The van der Waals surface area contributed by atoms with Crippen LogP contribution in [0.3, 0.4) is 0 Å². The number of nitrogens with one attached hydrogen (secondary N) is 1. The van der Waals surface area contributed by atoms with E-state index in [4.69, 9.17) is 0 Å². The first-order valence-corrected chi connectivity index (χ1v) is 12.2. The summed E-state index contributed by atoms with van der Waals surface area (Å²) in [7, 11) is 0. The summed E-state index contributed by atoms with van der Waals surface area (Å²) < 4.78 is 0. The number of thioether (sulfide) groups is 1. The molecule has 1 heterocycles. The third-order valence-electron chi connectivity index (χ3n) is 5.45. The van der Waals surface area contributed by atoms with Crippen LogP contribution in [-0.2, 0) is 23.1 Å². The number of amides is 1. The summed E-state index contributed by atoms with van der Waals surface area (Å²) in [4.78, 5) is 15.1. The monoisotopic (exact) mass is 426 g/mol. The van der Waals surface area contributed by atoms with Gasteiger partial charge in [0.15, 0.2) is 0 Å². The second-order valence-corrected chi connectivity index (χ2v) is 10.9. The quantitative estimate of drug-likeness (QED) is 0.559. The van der Waals surface area contributed by atoms with Gasteiger partial charge >= 0.3 is 0 Å². The molecule has 0 aliphatic heterocycles. The summed E-state index contributed by atoms with van der Waals surface area (Å²) in [5.41, 5.74) is 4.41. The molecule has 5 heteroatoms. The van der Waals surface area contributed by atoms with Gasteiger partial charge < -0.3 is 5.32 Å². The third-order valence-corrected chi connectivity index (χ3v) is 7.81. The van der Waals surface area contributed by atoms with Crippen molar-refractivity contribution in [3.8, 4) is 6.07 Å². The third kappa shape index (κ3) is 5.43. The van der Waals surface area contributed by atoms with Gasteiger partial charge in [0.1, 0.15) is 11.1 Å². The van der Waals surface area contributed by atoms with E-state index in [1.807, 2.05) is 0 Å². The highest BCUT2D eigenvalue weighted by Crippen LogP contribution is 2.37.